The van der Waals surface area contributed by atoms with Crippen LogP contribution in [-0.2, 0) is 17.8 Å². The molecule has 3 nitrogen and oxygen atoms in total. The minimum Gasteiger partial charge on any atom is -0.328 e. The van der Waals surface area contributed by atoms with E-state index in [2.05, 4.69) is 19.1 Å². The van der Waals surface area contributed by atoms with Crippen LogP contribution in [0.2, 0.25) is 0 Å². The molecular formula is C18H19FN2O. The number of rotatable bonds is 4. The number of likely N-dealkylation sites (tertiary alicyclic amines) is 1. The van der Waals surface area contributed by atoms with Gasteiger partial charge < -0.3 is 10.6 Å². The van der Waals surface area contributed by atoms with Gasteiger partial charge in [-0.1, -0.05) is 43.3 Å². The maximum atomic E-state index is 13.0. The second kappa shape index (κ2) is 5.89. The summed E-state index contributed by atoms with van der Waals surface area (Å²) in [6, 6.07) is 13.8. The van der Waals surface area contributed by atoms with E-state index in [9.17, 15) is 9.18 Å². The van der Waals surface area contributed by atoms with Crippen LogP contribution in [0.5, 0.6) is 0 Å². The quantitative estimate of drug-likeness (QED) is 0.882. The molecule has 2 N–H and O–H groups in total. The summed E-state index contributed by atoms with van der Waals surface area (Å²) in [5.41, 5.74) is 9.19. The van der Waals surface area contributed by atoms with Crippen LogP contribution in [0.25, 0.3) is 0 Å². The molecule has 2 aromatic rings. The highest BCUT2D eigenvalue weighted by Gasteiger charge is 2.45. The van der Waals surface area contributed by atoms with Crippen LogP contribution >= 0.6 is 0 Å². The number of nitrogens with two attached hydrogens (primary N) is 1. The molecule has 1 saturated heterocycles. The van der Waals surface area contributed by atoms with Crippen molar-refractivity contribution in [3.05, 3.63) is 71.0 Å². The lowest BCUT2D eigenvalue weighted by Crippen LogP contribution is -2.62. The van der Waals surface area contributed by atoms with E-state index in [-0.39, 0.29) is 17.8 Å². The van der Waals surface area contributed by atoms with Gasteiger partial charge >= 0.3 is 0 Å². The van der Waals surface area contributed by atoms with Gasteiger partial charge in [-0.15, -0.1) is 0 Å². The predicted octanol–water partition coefficient (Wildman–Crippen LogP) is 2.80. The number of hydrogen-bond donors (Lipinski definition) is 1. The fourth-order valence-corrected chi connectivity index (χ4v) is 2.88. The number of carbonyl (C=O) groups excluding carboxylic acids is 1. The molecule has 0 radical (unpaired) electrons. The monoisotopic (exact) mass is 298 g/mol. The van der Waals surface area contributed by atoms with E-state index in [4.69, 9.17) is 5.73 Å². The van der Waals surface area contributed by atoms with Gasteiger partial charge in [0.25, 0.3) is 0 Å². The Morgan fingerprint density at radius 3 is 2.23 bits per heavy atom. The molecule has 1 aliphatic rings. The summed E-state index contributed by atoms with van der Waals surface area (Å²) in [6.45, 7) is 2.56. The highest BCUT2D eigenvalue weighted by atomic mass is 19.1. The van der Waals surface area contributed by atoms with Gasteiger partial charge in [-0.2, -0.15) is 0 Å². The molecule has 22 heavy (non-hydrogen) atoms. The molecule has 4 heteroatoms. The number of benzene rings is 2. The smallest absolute Gasteiger partial charge is 0.242 e. The lowest BCUT2D eigenvalue weighted by Gasteiger charge is -2.45. The summed E-state index contributed by atoms with van der Waals surface area (Å²) in [5, 5.41) is 0. The Kier molecular flexibility index (Phi) is 3.94. The third-order valence-electron chi connectivity index (χ3n) is 4.24. The number of halogens is 1. The van der Waals surface area contributed by atoms with E-state index in [1.54, 1.807) is 17.0 Å². The molecule has 1 aliphatic heterocycles. The van der Waals surface area contributed by atoms with Gasteiger partial charge in [0.1, 0.15) is 11.9 Å². The first-order valence-electron chi connectivity index (χ1n) is 7.49. The summed E-state index contributed by atoms with van der Waals surface area (Å²) in [6.07, 6.45) is 0.981. The maximum Gasteiger partial charge on any atom is 0.242 e. The lowest BCUT2D eigenvalue weighted by atomic mass is 9.88. The molecule has 0 unspecified atom stereocenters. The van der Waals surface area contributed by atoms with Crippen molar-refractivity contribution in [3.8, 4) is 0 Å². The predicted molar refractivity (Wildman–Crippen MR) is 83.5 cm³/mol. The summed E-state index contributed by atoms with van der Waals surface area (Å²) < 4.78 is 13.0. The largest absolute Gasteiger partial charge is 0.328 e. The Hall–Kier alpha value is -2.20. The summed E-state index contributed by atoms with van der Waals surface area (Å²) in [7, 11) is 0. The van der Waals surface area contributed by atoms with Crippen molar-refractivity contribution in [2.24, 2.45) is 5.73 Å². The van der Waals surface area contributed by atoms with E-state index in [1.807, 2.05) is 12.1 Å². The number of β-lactam (4-membered cyclic amide) rings is 1. The van der Waals surface area contributed by atoms with Crippen LogP contribution in [0.1, 0.15) is 29.7 Å². The summed E-state index contributed by atoms with van der Waals surface area (Å²) in [4.78, 5) is 13.8. The van der Waals surface area contributed by atoms with Crippen LogP contribution in [-0.4, -0.2) is 16.8 Å². The standard InChI is InChI=1S/C18H19FN2O/c1-2-12-3-7-14(8-4-12)17-16(20)18(22)21(17)11-13-5-9-15(19)10-6-13/h3-10,16-17H,2,11,20H2,1H3/t16-,17+/m0/s1. The first kappa shape index (κ1) is 14.7. The average Bonchev–Trinajstić information content (AvgIpc) is 2.56. The van der Waals surface area contributed by atoms with Crippen LogP contribution < -0.4 is 5.73 Å². The zero-order chi connectivity index (χ0) is 15.7. The molecule has 114 valence electrons. The van der Waals surface area contributed by atoms with Crippen molar-refractivity contribution >= 4 is 5.91 Å². The molecule has 2 atom stereocenters. The second-order valence-electron chi connectivity index (χ2n) is 5.66. The second-order valence-corrected chi connectivity index (χ2v) is 5.66. The average molecular weight is 298 g/mol. The molecule has 0 aromatic heterocycles. The number of nitrogens with zero attached hydrogens (tertiary/aromatic N) is 1. The van der Waals surface area contributed by atoms with Gasteiger partial charge in [0.2, 0.25) is 5.91 Å². The Morgan fingerprint density at radius 2 is 1.64 bits per heavy atom. The highest BCUT2D eigenvalue weighted by molar-refractivity contribution is 5.89. The van der Waals surface area contributed by atoms with Crippen molar-refractivity contribution in [2.45, 2.75) is 32.0 Å². The maximum absolute atomic E-state index is 13.0. The Bertz CT molecular complexity index is 666. The Labute approximate surface area is 129 Å². The van der Waals surface area contributed by atoms with Gasteiger partial charge in [0.15, 0.2) is 0 Å². The fraction of sp³-hybridized carbons (Fsp3) is 0.278. The van der Waals surface area contributed by atoms with E-state index < -0.39 is 6.04 Å². The Balaban J connectivity index is 1.79. The summed E-state index contributed by atoms with van der Waals surface area (Å²) in [5.74, 6) is -0.337. The molecule has 0 bridgehead atoms. The van der Waals surface area contributed by atoms with Crippen molar-refractivity contribution in [3.63, 3.8) is 0 Å². The van der Waals surface area contributed by atoms with Gasteiger partial charge in [0.05, 0.1) is 6.04 Å². The number of aryl methyl sites for hydroxylation is 1. The number of hydrogen-bond acceptors (Lipinski definition) is 2. The molecular weight excluding hydrogens is 279 g/mol. The molecule has 1 heterocycles. The molecule has 1 fully saturated rings. The van der Waals surface area contributed by atoms with Crippen molar-refractivity contribution < 1.29 is 9.18 Å². The number of amides is 1. The zero-order valence-corrected chi connectivity index (χ0v) is 12.5. The van der Waals surface area contributed by atoms with Crippen LogP contribution in [0.4, 0.5) is 4.39 Å². The highest BCUT2D eigenvalue weighted by Crippen LogP contribution is 2.35. The van der Waals surface area contributed by atoms with E-state index >= 15 is 0 Å². The molecule has 0 saturated carbocycles. The zero-order valence-electron chi connectivity index (χ0n) is 12.5. The Morgan fingerprint density at radius 1 is 1.05 bits per heavy atom. The minimum absolute atomic E-state index is 0.0612. The van der Waals surface area contributed by atoms with E-state index in [0.717, 1.165) is 17.5 Å². The molecule has 0 spiro atoms. The molecule has 1 amide bonds. The van der Waals surface area contributed by atoms with Gasteiger partial charge in [-0.25, -0.2) is 4.39 Å². The summed E-state index contributed by atoms with van der Waals surface area (Å²) >= 11 is 0. The van der Waals surface area contributed by atoms with E-state index in [1.165, 1.54) is 17.7 Å². The fourth-order valence-electron chi connectivity index (χ4n) is 2.88. The van der Waals surface area contributed by atoms with Gasteiger partial charge in [-0.3, -0.25) is 4.79 Å². The third-order valence-corrected chi connectivity index (χ3v) is 4.24. The van der Waals surface area contributed by atoms with Gasteiger partial charge in [0, 0.05) is 6.54 Å². The normalized spacial score (nSPS) is 20.9. The molecule has 3 rings (SSSR count). The van der Waals surface area contributed by atoms with Crippen molar-refractivity contribution in [2.75, 3.05) is 0 Å². The van der Waals surface area contributed by atoms with Gasteiger partial charge in [-0.05, 0) is 35.2 Å². The van der Waals surface area contributed by atoms with Crippen LogP contribution in [0, 0.1) is 5.82 Å². The van der Waals surface area contributed by atoms with Crippen LogP contribution in [0.15, 0.2) is 48.5 Å². The van der Waals surface area contributed by atoms with Crippen molar-refractivity contribution in [1.82, 2.24) is 4.90 Å². The molecule has 2 aromatic carbocycles. The van der Waals surface area contributed by atoms with E-state index in [0.29, 0.717) is 6.54 Å². The van der Waals surface area contributed by atoms with Crippen LogP contribution in [0.3, 0.4) is 0 Å². The first-order valence-corrected chi connectivity index (χ1v) is 7.49. The lowest BCUT2D eigenvalue weighted by molar-refractivity contribution is -0.150. The SMILES string of the molecule is CCc1ccc([C@@H]2[C@H](N)C(=O)N2Cc2ccc(F)cc2)cc1. The third kappa shape index (κ3) is 2.62. The minimum atomic E-state index is -0.493. The first-order chi connectivity index (χ1) is 10.6. The topological polar surface area (TPSA) is 46.3 Å². The van der Waals surface area contributed by atoms with Crippen molar-refractivity contribution in [1.29, 1.82) is 0 Å². The molecule has 0 aliphatic carbocycles. The number of carbonyl (C=O) groups is 1.